The molecule has 0 amide bonds. The van der Waals surface area contributed by atoms with Crippen LogP contribution in [0.3, 0.4) is 0 Å². The number of hydrogen-bond donors (Lipinski definition) is 0. The SMILES string of the molecule is CCCCc1cc(OC)cc(-c2cc(OC)cc(C)c2Op2oc3c(C)cc(C)cc3c3cc(C)cc(C)c3o2)c1Op1oc2c(C)cc(C)cc2c2cc(C)cc(C)c2o1. The first-order valence-electron chi connectivity index (χ1n) is 20.8. The van der Waals surface area contributed by atoms with Gasteiger partial charge in [0.15, 0.2) is 0 Å². The van der Waals surface area contributed by atoms with Crippen molar-refractivity contribution in [3.05, 3.63) is 128 Å². The van der Waals surface area contributed by atoms with E-state index in [-0.39, 0.29) is 0 Å². The Morgan fingerprint density at radius 3 is 1.16 bits per heavy atom. The molecule has 8 rings (SSSR count). The van der Waals surface area contributed by atoms with Crippen LogP contribution in [0.25, 0.3) is 55.0 Å². The molecule has 6 aromatic carbocycles. The van der Waals surface area contributed by atoms with Gasteiger partial charge in [0.2, 0.25) is 0 Å². The van der Waals surface area contributed by atoms with Crippen LogP contribution in [0.1, 0.15) is 75.4 Å². The highest BCUT2D eigenvalue weighted by molar-refractivity contribution is 7.32. The van der Waals surface area contributed by atoms with Gasteiger partial charge >= 0.3 is 16.5 Å². The van der Waals surface area contributed by atoms with E-state index in [9.17, 15) is 0 Å². The number of unbranched alkanes of at least 4 members (excludes halogenated alkanes) is 1. The average molecular weight is 857 g/mol. The van der Waals surface area contributed by atoms with Gasteiger partial charge < -0.3 is 35.3 Å². The molecule has 0 saturated carbocycles. The highest BCUT2D eigenvalue weighted by atomic mass is 31.1. The smallest absolute Gasteiger partial charge is 0.453 e. The number of methoxy groups -OCH3 is 2. The van der Waals surface area contributed by atoms with Gasteiger partial charge in [-0.25, -0.2) is 0 Å². The third-order valence-corrected chi connectivity index (χ3v) is 13.2. The highest BCUT2D eigenvalue weighted by Gasteiger charge is 2.25. The predicted molar refractivity (Wildman–Crippen MR) is 251 cm³/mol. The molecular formula is C51H54O8P2. The molecule has 2 aromatic heterocycles. The van der Waals surface area contributed by atoms with Crippen molar-refractivity contribution >= 4 is 60.4 Å². The predicted octanol–water partition coefficient (Wildman–Crippen LogP) is 16.4. The van der Waals surface area contributed by atoms with Gasteiger partial charge in [0.05, 0.1) is 14.2 Å². The van der Waals surface area contributed by atoms with Crippen LogP contribution in [0.5, 0.6) is 23.0 Å². The van der Waals surface area contributed by atoms with E-state index in [1.807, 2.05) is 31.2 Å². The van der Waals surface area contributed by atoms with Crippen LogP contribution < -0.4 is 18.5 Å². The minimum atomic E-state index is -2.03. The second-order valence-electron chi connectivity index (χ2n) is 16.4. The van der Waals surface area contributed by atoms with Gasteiger partial charge in [-0.2, -0.15) is 0 Å². The molecule has 0 aliphatic carbocycles. The van der Waals surface area contributed by atoms with Crippen molar-refractivity contribution in [2.75, 3.05) is 14.2 Å². The third-order valence-electron chi connectivity index (χ3n) is 11.2. The second kappa shape index (κ2) is 17.0. The Kier molecular flexibility index (Phi) is 11.7. The summed E-state index contributed by atoms with van der Waals surface area (Å²) in [6.45, 7) is 20.9. The molecule has 0 saturated heterocycles. The van der Waals surface area contributed by atoms with Crippen molar-refractivity contribution in [3.8, 4) is 34.1 Å². The molecule has 8 aromatic rings. The number of hydrogen-bond acceptors (Lipinski definition) is 8. The van der Waals surface area contributed by atoms with E-state index in [0.717, 1.165) is 124 Å². The summed E-state index contributed by atoms with van der Waals surface area (Å²) in [6.07, 6.45) is 2.64. The zero-order chi connectivity index (χ0) is 43.3. The molecule has 0 spiro atoms. The van der Waals surface area contributed by atoms with Gasteiger partial charge in [-0.15, -0.1) is 0 Å². The lowest BCUT2D eigenvalue weighted by Crippen LogP contribution is -1.99. The fraction of sp³-hybridized carbons (Fsp3) is 0.294. The van der Waals surface area contributed by atoms with Crippen molar-refractivity contribution in [1.29, 1.82) is 0 Å². The van der Waals surface area contributed by atoms with Gasteiger partial charge in [-0.3, -0.25) is 0 Å². The van der Waals surface area contributed by atoms with Crippen LogP contribution in [0, 0.1) is 62.3 Å². The number of fused-ring (bicyclic) bond motifs is 6. The maximum absolute atomic E-state index is 7.17. The first kappa shape index (κ1) is 42.0. The summed E-state index contributed by atoms with van der Waals surface area (Å²) in [5, 5.41) is 3.93. The van der Waals surface area contributed by atoms with Crippen molar-refractivity contribution in [1.82, 2.24) is 0 Å². The fourth-order valence-corrected chi connectivity index (χ4v) is 11.0. The zero-order valence-corrected chi connectivity index (χ0v) is 39.0. The Bertz CT molecular complexity index is 2960. The van der Waals surface area contributed by atoms with Crippen LogP contribution >= 0.6 is 16.5 Å². The fourth-order valence-electron chi connectivity index (χ4n) is 8.48. The molecule has 61 heavy (non-hydrogen) atoms. The second-order valence-corrected chi connectivity index (χ2v) is 18.4. The molecule has 10 heteroatoms. The van der Waals surface area contributed by atoms with E-state index in [2.05, 4.69) is 111 Å². The Labute approximate surface area is 359 Å². The molecule has 0 aliphatic rings. The van der Waals surface area contributed by atoms with Crippen molar-refractivity contribution < 1.29 is 35.3 Å². The van der Waals surface area contributed by atoms with Crippen molar-refractivity contribution in [2.45, 2.75) is 88.5 Å². The van der Waals surface area contributed by atoms with Crippen LogP contribution in [0.2, 0.25) is 0 Å². The first-order chi connectivity index (χ1) is 29.2. The van der Waals surface area contributed by atoms with Crippen LogP contribution in [0.4, 0.5) is 0 Å². The van der Waals surface area contributed by atoms with Crippen LogP contribution in [-0.2, 0) is 6.42 Å². The summed E-state index contributed by atoms with van der Waals surface area (Å²) in [5.74, 6) is 2.51. The van der Waals surface area contributed by atoms with Gasteiger partial charge in [0, 0.05) is 32.7 Å². The molecule has 0 bridgehead atoms. The molecule has 0 N–H and O–H groups in total. The van der Waals surface area contributed by atoms with E-state index in [0.29, 0.717) is 28.6 Å². The van der Waals surface area contributed by atoms with E-state index in [1.54, 1.807) is 14.2 Å². The molecular weight excluding hydrogens is 803 g/mol. The summed E-state index contributed by atoms with van der Waals surface area (Å²) < 4.78 is 53.5. The molecule has 0 unspecified atom stereocenters. The molecule has 0 atom stereocenters. The van der Waals surface area contributed by atoms with E-state index in [1.165, 1.54) is 0 Å². The van der Waals surface area contributed by atoms with E-state index >= 15 is 0 Å². The lowest BCUT2D eigenvalue weighted by molar-refractivity contribution is 0.412. The minimum absolute atomic E-state index is 0.565. The number of rotatable bonds is 10. The largest absolute Gasteiger partial charge is 0.497 e. The average Bonchev–Trinajstić information content (AvgIpc) is 3.46. The summed E-state index contributed by atoms with van der Waals surface area (Å²) in [5.41, 5.74) is 14.8. The molecule has 8 nitrogen and oxygen atoms in total. The molecule has 316 valence electrons. The van der Waals surface area contributed by atoms with Crippen LogP contribution in [-0.4, -0.2) is 14.2 Å². The van der Waals surface area contributed by atoms with Crippen molar-refractivity contribution in [2.24, 2.45) is 0 Å². The summed E-state index contributed by atoms with van der Waals surface area (Å²) in [4.78, 5) is 0. The number of benzene rings is 6. The standard InChI is InChI=1S/C51H54O8P2/c1-13-14-15-37-25-39(53-12)27-45(51(37)59-61-56-48-34(8)18-30(4)22-42(48)43-23-31(5)19-35(9)49(43)57-61)44-26-38(52-11)24-36(10)50(44)58-60-54-46-32(6)16-28(2)20-40(46)41-21-29(3)17-33(7)47(41)55-60/h16-27H,13-15H2,1-12H3. The number of aryl methyl sites for hydroxylation is 10. The van der Waals surface area contributed by atoms with E-state index in [4.69, 9.17) is 35.3 Å². The lowest BCUT2D eigenvalue weighted by Gasteiger charge is -2.19. The third kappa shape index (κ3) is 8.24. The lowest BCUT2D eigenvalue weighted by atomic mass is 9.96. The van der Waals surface area contributed by atoms with Gasteiger partial charge in [0.1, 0.15) is 45.3 Å². The first-order valence-corrected chi connectivity index (χ1v) is 23.0. The maximum atomic E-state index is 7.17. The quantitative estimate of drug-likeness (QED) is 0.134. The summed E-state index contributed by atoms with van der Waals surface area (Å²) in [7, 11) is -0.704. The zero-order valence-electron chi connectivity index (χ0n) is 37.2. The Hall–Kier alpha value is -5.68. The summed E-state index contributed by atoms with van der Waals surface area (Å²) in [6, 6.07) is 25.1. The Balaban J connectivity index is 1.41. The van der Waals surface area contributed by atoms with E-state index < -0.39 is 16.5 Å². The van der Waals surface area contributed by atoms with Gasteiger partial charge in [0.25, 0.3) is 0 Å². The Morgan fingerprint density at radius 1 is 0.426 bits per heavy atom. The Morgan fingerprint density at radius 2 is 0.787 bits per heavy atom. The molecule has 0 radical (unpaired) electrons. The summed E-state index contributed by atoms with van der Waals surface area (Å²) >= 11 is 0. The number of ether oxygens (including phenoxy) is 2. The van der Waals surface area contributed by atoms with Crippen LogP contribution in [0.15, 0.2) is 89.6 Å². The highest BCUT2D eigenvalue weighted by Crippen LogP contribution is 2.51. The van der Waals surface area contributed by atoms with Gasteiger partial charge in [-0.1, -0.05) is 37.6 Å². The van der Waals surface area contributed by atoms with Gasteiger partial charge in [-0.05, 0) is 179 Å². The topological polar surface area (TPSA) is 89.5 Å². The monoisotopic (exact) mass is 856 g/mol. The van der Waals surface area contributed by atoms with Crippen molar-refractivity contribution in [3.63, 3.8) is 0 Å². The molecule has 0 aliphatic heterocycles. The normalized spacial score (nSPS) is 11.5. The molecule has 0 fully saturated rings. The molecule has 2 heterocycles. The minimum Gasteiger partial charge on any atom is -0.497 e. The maximum Gasteiger partial charge on any atom is 0.453 e.